The zero-order valence-corrected chi connectivity index (χ0v) is 12.0. The first-order valence-electron chi connectivity index (χ1n) is 6.94. The van der Waals surface area contributed by atoms with E-state index in [1.54, 1.807) is 7.11 Å². The number of rotatable bonds is 6. The summed E-state index contributed by atoms with van der Waals surface area (Å²) in [6.07, 6.45) is 2.38. The van der Waals surface area contributed by atoms with Crippen molar-refractivity contribution in [2.24, 2.45) is 0 Å². The van der Waals surface area contributed by atoms with E-state index in [1.807, 2.05) is 0 Å². The normalized spacial score (nSPS) is 20.1. The SMILES string of the molecule is CCNC(CC1Cc2ccccc21)C(C)(C)OC. The van der Waals surface area contributed by atoms with E-state index in [-0.39, 0.29) is 5.60 Å². The molecule has 1 N–H and O–H groups in total. The maximum atomic E-state index is 5.65. The molecule has 0 saturated heterocycles. The van der Waals surface area contributed by atoms with Gasteiger partial charge in [-0.3, -0.25) is 0 Å². The van der Waals surface area contributed by atoms with Crippen LogP contribution in [0.2, 0.25) is 0 Å². The monoisotopic (exact) mass is 247 g/mol. The second kappa shape index (κ2) is 5.41. The van der Waals surface area contributed by atoms with Gasteiger partial charge in [-0.25, -0.2) is 0 Å². The van der Waals surface area contributed by atoms with E-state index in [1.165, 1.54) is 17.5 Å². The van der Waals surface area contributed by atoms with Crippen LogP contribution in [-0.4, -0.2) is 25.3 Å². The quantitative estimate of drug-likeness (QED) is 0.834. The minimum Gasteiger partial charge on any atom is -0.377 e. The Morgan fingerprint density at radius 1 is 1.39 bits per heavy atom. The van der Waals surface area contributed by atoms with Crippen molar-refractivity contribution < 1.29 is 4.74 Å². The highest BCUT2D eigenvalue weighted by atomic mass is 16.5. The molecule has 1 aliphatic rings. The molecule has 0 bridgehead atoms. The number of benzene rings is 1. The van der Waals surface area contributed by atoms with E-state index in [0.717, 1.165) is 13.0 Å². The van der Waals surface area contributed by atoms with Crippen LogP contribution in [0.4, 0.5) is 0 Å². The van der Waals surface area contributed by atoms with Gasteiger partial charge in [0.25, 0.3) is 0 Å². The second-order valence-electron chi connectivity index (χ2n) is 5.75. The molecule has 0 radical (unpaired) electrons. The van der Waals surface area contributed by atoms with Crippen LogP contribution in [0.5, 0.6) is 0 Å². The average molecular weight is 247 g/mol. The van der Waals surface area contributed by atoms with E-state index in [2.05, 4.69) is 50.4 Å². The number of nitrogens with one attached hydrogen (secondary N) is 1. The van der Waals surface area contributed by atoms with Gasteiger partial charge in [0.1, 0.15) is 0 Å². The summed E-state index contributed by atoms with van der Waals surface area (Å²) < 4.78 is 5.65. The van der Waals surface area contributed by atoms with Crippen LogP contribution in [0.15, 0.2) is 24.3 Å². The van der Waals surface area contributed by atoms with Gasteiger partial charge in [-0.1, -0.05) is 31.2 Å². The van der Waals surface area contributed by atoms with Crippen LogP contribution in [0.3, 0.4) is 0 Å². The molecule has 1 aromatic carbocycles. The molecule has 0 saturated carbocycles. The molecular formula is C16H25NO. The first-order chi connectivity index (χ1) is 8.58. The largest absolute Gasteiger partial charge is 0.377 e. The first kappa shape index (κ1) is 13.6. The molecule has 2 heteroatoms. The van der Waals surface area contributed by atoms with Gasteiger partial charge in [-0.15, -0.1) is 0 Å². The zero-order valence-electron chi connectivity index (χ0n) is 12.0. The third-order valence-corrected chi connectivity index (χ3v) is 4.30. The van der Waals surface area contributed by atoms with Crippen LogP contribution in [0, 0.1) is 0 Å². The molecule has 0 heterocycles. The second-order valence-corrected chi connectivity index (χ2v) is 5.75. The fourth-order valence-corrected chi connectivity index (χ4v) is 2.86. The van der Waals surface area contributed by atoms with E-state index >= 15 is 0 Å². The molecule has 2 nitrogen and oxygen atoms in total. The van der Waals surface area contributed by atoms with E-state index < -0.39 is 0 Å². The number of likely N-dealkylation sites (N-methyl/N-ethyl adjacent to an activating group) is 1. The Labute approximate surface area is 111 Å². The smallest absolute Gasteiger partial charge is 0.0775 e. The summed E-state index contributed by atoms with van der Waals surface area (Å²) in [5, 5.41) is 3.58. The Kier molecular flexibility index (Phi) is 4.08. The number of hydrogen-bond donors (Lipinski definition) is 1. The molecule has 1 aliphatic carbocycles. The molecule has 1 aromatic rings. The molecule has 0 fully saturated rings. The van der Waals surface area contributed by atoms with Gasteiger partial charge in [0, 0.05) is 13.2 Å². The molecule has 0 spiro atoms. The molecular weight excluding hydrogens is 222 g/mol. The number of methoxy groups -OCH3 is 1. The fourth-order valence-electron chi connectivity index (χ4n) is 2.86. The van der Waals surface area contributed by atoms with Crippen LogP contribution in [0.25, 0.3) is 0 Å². The molecule has 2 unspecified atom stereocenters. The number of ether oxygens (including phenoxy) is 1. The van der Waals surface area contributed by atoms with Crippen LogP contribution in [-0.2, 0) is 11.2 Å². The van der Waals surface area contributed by atoms with E-state index in [9.17, 15) is 0 Å². The lowest BCUT2D eigenvalue weighted by Gasteiger charge is -2.39. The summed E-state index contributed by atoms with van der Waals surface area (Å²) in [6.45, 7) is 7.50. The Balaban J connectivity index is 2.04. The van der Waals surface area contributed by atoms with Crippen LogP contribution < -0.4 is 5.32 Å². The molecule has 0 amide bonds. The van der Waals surface area contributed by atoms with Crippen molar-refractivity contribution >= 4 is 0 Å². The van der Waals surface area contributed by atoms with E-state index in [4.69, 9.17) is 4.74 Å². The molecule has 2 rings (SSSR count). The van der Waals surface area contributed by atoms with Gasteiger partial charge in [-0.2, -0.15) is 0 Å². The third kappa shape index (κ3) is 2.60. The van der Waals surface area contributed by atoms with Gasteiger partial charge in [0.15, 0.2) is 0 Å². The molecule has 2 atom stereocenters. The minimum atomic E-state index is -0.111. The predicted octanol–water partition coefficient (Wildman–Crippen LogP) is 3.12. The molecule has 100 valence electrons. The van der Waals surface area contributed by atoms with Crippen molar-refractivity contribution in [2.45, 2.75) is 51.2 Å². The van der Waals surface area contributed by atoms with Crippen molar-refractivity contribution in [3.63, 3.8) is 0 Å². The Bertz CT molecular complexity index is 400. The molecule has 18 heavy (non-hydrogen) atoms. The van der Waals surface area contributed by atoms with Gasteiger partial charge in [0.05, 0.1) is 5.60 Å². The minimum absolute atomic E-state index is 0.111. The lowest BCUT2D eigenvalue weighted by Crippen LogP contribution is -2.49. The van der Waals surface area contributed by atoms with Crippen molar-refractivity contribution in [3.05, 3.63) is 35.4 Å². The first-order valence-corrected chi connectivity index (χ1v) is 6.94. The number of hydrogen-bond acceptors (Lipinski definition) is 2. The topological polar surface area (TPSA) is 21.3 Å². The van der Waals surface area contributed by atoms with Crippen molar-refractivity contribution in [3.8, 4) is 0 Å². The van der Waals surface area contributed by atoms with Gasteiger partial charge in [0.2, 0.25) is 0 Å². The Hall–Kier alpha value is -0.860. The highest BCUT2D eigenvalue weighted by Gasteiger charge is 2.34. The maximum absolute atomic E-state index is 5.65. The highest BCUT2D eigenvalue weighted by molar-refractivity contribution is 5.40. The Morgan fingerprint density at radius 2 is 2.11 bits per heavy atom. The van der Waals surface area contributed by atoms with Crippen molar-refractivity contribution in [1.82, 2.24) is 5.32 Å². The van der Waals surface area contributed by atoms with Crippen LogP contribution >= 0.6 is 0 Å². The lowest BCUT2D eigenvalue weighted by molar-refractivity contribution is -0.0145. The van der Waals surface area contributed by atoms with Gasteiger partial charge in [-0.05, 0) is 50.3 Å². The van der Waals surface area contributed by atoms with Gasteiger partial charge >= 0.3 is 0 Å². The summed E-state index contributed by atoms with van der Waals surface area (Å²) in [7, 11) is 1.80. The van der Waals surface area contributed by atoms with Crippen molar-refractivity contribution in [1.29, 1.82) is 0 Å². The maximum Gasteiger partial charge on any atom is 0.0775 e. The summed E-state index contributed by atoms with van der Waals surface area (Å²) in [6, 6.07) is 9.21. The summed E-state index contributed by atoms with van der Waals surface area (Å²) in [5.41, 5.74) is 2.95. The lowest BCUT2D eigenvalue weighted by atomic mass is 9.72. The highest BCUT2D eigenvalue weighted by Crippen LogP contribution is 2.39. The zero-order chi connectivity index (χ0) is 13.2. The summed E-state index contributed by atoms with van der Waals surface area (Å²) in [4.78, 5) is 0. The van der Waals surface area contributed by atoms with Crippen molar-refractivity contribution in [2.75, 3.05) is 13.7 Å². The molecule has 0 aliphatic heterocycles. The predicted molar refractivity (Wildman–Crippen MR) is 76.1 cm³/mol. The summed E-state index contributed by atoms with van der Waals surface area (Å²) in [5.74, 6) is 0.694. The summed E-state index contributed by atoms with van der Waals surface area (Å²) >= 11 is 0. The fraction of sp³-hybridized carbons (Fsp3) is 0.625. The number of fused-ring (bicyclic) bond motifs is 1. The van der Waals surface area contributed by atoms with E-state index in [0.29, 0.717) is 12.0 Å². The standard InChI is InChI=1S/C16H25NO/c1-5-17-15(16(2,3)18-4)11-13-10-12-8-6-7-9-14(12)13/h6-9,13,15,17H,5,10-11H2,1-4H3. The average Bonchev–Trinajstić information content (AvgIpc) is 2.34. The Morgan fingerprint density at radius 3 is 2.72 bits per heavy atom. The molecule has 0 aromatic heterocycles. The van der Waals surface area contributed by atoms with Crippen LogP contribution in [0.1, 0.15) is 44.2 Å². The van der Waals surface area contributed by atoms with Gasteiger partial charge < -0.3 is 10.1 Å². The third-order valence-electron chi connectivity index (χ3n) is 4.30.